The van der Waals surface area contributed by atoms with Gasteiger partial charge in [0, 0.05) is 0 Å². The van der Waals surface area contributed by atoms with Gasteiger partial charge in [-0.15, -0.1) is 0 Å². The van der Waals surface area contributed by atoms with Gasteiger partial charge in [-0.3, -0.25) is 0 Å². The molecule has 0 aromatic heterocycles. The van der Waals surface area contributed by atoms with Crippen molar-refractivity contribution in [2.45, 2.75) is 118 Å². The molecular formula is C24H58Ge2N4Si6. The van der Waals surface area contributed by atoms with Crippen molar-refractivity contribution in [1.82, 2.24) is 6.38 Å². The van der Waals surface area contributed by atoms with E-state index in [1.54, 1.807) is 0 Å². The van der Waals surface area contributed by atoms with Crippen LogP contribution in [0.3, 0.4) is 0 Å². The second-order valence-corrected chi connectivity index (χ2v) is 55.9. The summed E-state index contributed by atoms with van der Waals surface area (Å²) < 4.78 is 12.0. The molecule has 1 aromatic rings. The second-order valence-electron chi connectivity index (χ2n) is 16.1. The third kappa shape index (κ3) is 10.3. The predicted octanol–water partition coefficient (Wildman–Crippen LogP) is 7.98. The molecule has 4 radical (unpaired) electrons. The first-order valence-corrected chi connectivity index (χ1v) is 37.9. The molecule has 0 saturated heterocycles. The van der Waals surface area contributed by atoms with Gasteiger partial charge in [0.05, 0.1) is 0 Å². The normalized spacial score (nSPS) is 14.6. The van der Waals surface area contributed by atoms with Crippen LogP contribution in [0.5, 0.6) is 0 Å². The third-order valence-corrected chi connectivity index (χ3v) is 53.6. The third-order valence-electron chi connectivity index (χ3n) is 5.79. The van der Waals surface area contributed by atoms with Crippen molar-refractivity contribution in [2.24, 2.45) is 0 Å². The minimum atomic E-state index is -1.51. The average molecular weight is 716 g/mol. The van der Waals surface area contributed by atoms with Gasteiger partial charge in [-0.2, -0.15) is 0 Å². The van der Waals surface area contributed by atoms with E-state index in [2.05, 4.69) is 156 Å². The van der Waals surface area contributed by atoms with Gasteiger partial charge >= 0.3 is 248 Å². The summed E-state index contributed by atoms with van der Waals surface area (Å²) in [5.74, 6) is 0. The first kappa shape index (κ1) is 35.2. The van der Waals surface area contributed by atoms with Crippen molar-refractivity contribution in [3.8, 4) is 0 Å². The summed E-state index contributed by atoms with van der Waals surface area (Å²) >= 11 is -0.733. The minimum absolute atomic E-state index is 0.367. The molecule has 0 bridgehead atoms. The van der Waals surface area contributed by atoms with Crippen LogP contribution >= 0.6 is 0 Å². The fourth-order valence-corrected chi connectivity index (χ4v) is 43.0. The molecule has 0 aliphatic rings. The Morgan fingerprint density at radius 3 is 0.694 bits per heavy atom. The van der Waals surface area contributed by atoms with Crippen molar-refractivity contribution in [3.05, 3.63) is 24.3 Å². The second kappa shape index (κ2) is 11.9. The van der Waals surface area contributed by atoms with E-state index in [0.717, 1.165) is 0 Å². The molecule has 0 unspecified atom stereocenters. The molecule has 0 fully saturated rings. The van der Waals surface area contributed by atoms with E-state index in [4.69, 9.17) is 0 Å². The summed E-state index contributed by atoms with van der Waals surface area (Å²) in [6.07, 6.45) is 0. The molecule has 4 nitrogen and oxygen atoms in total. The molecule has 1 aromatic carbocycles. The maximum atomic E-state index is 3.06. The fraction of sp³-hybridized carbons (Fsp3) is 0.750. The Kier molecular flexibility index (Phi) is 11.6. The van der Waals surface area contributed by atoms with Gasteiger partial charge in [-0.1, -0.05) is 0 Å². The molecule has 1 rings (SSSR count). The van der Waals surface area contributed by atoms with Gasteiger partial charge in [0.15, 0.2) is 0 Å². The molecule has 0 spiro atoms. The van der Waals surface area contributed by atoms with Crippen molar-refractivity contribution in [2.75, 3.05) is 7.05 Å². The zero-order chi connectivity index (χ0) is 28.7. The van der Waals surface area contributed by atoms with E-state index in [-0.39, 0.29) is 31.8 Å². The van der Waals surface area contributed by atoms with Crippen LogP contribution in [0.2, 0.25) is 118 Å². The van der Waals surface area contributed by atoms with E-state index in [1.807, 2.05) is 0 Å². The van der Waals surface area contributed by atoms with Crippen LogP contribution in [0.15, 0.2) is 24.3 Å². The summed E-state index contributed by atoms with van der Waals surface area (Å²) in [6.45, 7) is 45.9. The van der Waals surface area contributed by atoms with Crippen LogP contribution in [0.4, 0.5) is 11.4 Å². The zero-order valence-corrected chi connectivity index (χ0v) is 37.3. The zero-order valence-electron chi connectivity index (χ0n) is 27.1. The van der Waals surface area contributed by atoms with Gasteiger partial charge in [-0.05, 0) is 0 Å². The molecule has 36 heavy (non-hydrogen) atoms. The number of hydrogen-bond donors (Lipinski definition) is 0. The molecule has 206 valence electrons. The summed E-state index contributed by atoms with van der Waals surface area (Å²) in [6, 6.07) is 9.93. The number of anilines is 2. The molecular weight excluding hydrogens is 658 g/mol. The number of benzene rings is 1. The fourth-order valence-electron chi connectivity index (χ4n) is 4.75. The van der Waals surface area contributed by atoms with Crippen LogP contribution in [-0.2, 0) is 0 Å². The van der Waals surface area contributed by atoms with Crippen LogP contribution < -0.4 is 7.05 Å². The van der Waals surface area contributed by atoms with Crippen molar-refractivity contribution in [3.63, 3.8) is 0 Å². The van der Waals surface area contributed by atoms with Gasteiger partial charge in [0.1, 0.15) is 0 Å². The van der Waals surface area contributed by atoms with Crippen LogP contribution in [0.1, 0.15) is 0 Å². The molecule has 0 aliphatic heterocycles. The van der Waals surface area contributed by atoms with Gasteiger partial charge in [-0.25, -0.2) is 0 Å². The van der Waals surface area contributed by atoms with E-state index in [1.165, 1.54) is 11.4 Å². The standard InChI is InChI=1S/C24H58Ge2N4Si6/c1-31(2,3)27(25-29(33(7,8)9)34(10,11)12)23-19-21-24(22-20-23)28(32(4,5)6)26-30(35(13,14)15)36(16,17)18/h19-22H,1-18H3. The Morgan fingerprint density at radius 2 is 0.556 bits per heavy atom. The first-order valence-electron chi connectivity index (χ1n) is 13.5. The summed E-state index contributed by atoms with van der Waals surface area (Å²) in [7, 11) is -8.49. The molecule has 0 amide bonds. The molecule has 12 heteroatoms. The quantitative estimate of drug-likeness (QED) is 0.204. The summed E-state index contributed by atoms with van der Waals surface area (Å²) in [4.78, 5) is 0. The van der Waals surface area contributed by atoms with Crippen LogP contribution in [-0.4, -0.2) is 87.5 Å². The van der Waals surface area contributed by atoms with Gasteiger partial charge in [0.25, 0.3) is 0 Å². The molecule has 0 aliphatic carbocycles. The van der Waals surface area contributed by atoms with Crippen LogP contribution in [0.25, 0.3) is 0 Å². The summed E-state index contributed by atoms with van der Waals surface area (Å²) in [5.41, 5.74) is 2.95. The van der Waals surface area contributed by atoms with Gasteiger partial charge in [0.2, 0.25) is 0 Å². The molecule has 0 saturated carbocycles. The van der Waals surface area contributed by atoms with E-state index in [0.29, 0.717) is 0 Å². The number of rotatable bonds is 12. The maximum absolute atomic E-state index is 3.06. The Hall–Kier alpha value is 1.13. The molecule has 0 heterocycles. The number of hydrogen-bond acceptors (Lipinski definition) is 4. The van der Waals surface area contributed by atoms with Crippen molar-refractivity contribution in [1.29, 1.82) is 0 Å². The van der Waals surface area contributed by atoms with E-state index < -0.39 is 49.4 Å². The number of nitrogens with zero attached hydrogens (tertiary/aromatic N) is 4. The Morgan fingerprint density at radius 1 is 0.361 bits per heavy atom. The van der Waals surface area contributed by atoms with E-state index >= 15 is 0 Å². The molecule has 0 atom stereocenters. The predicted molar refractivity (Wildman–Crippen MR) is 187 cm³/mol. The van der Waals surface area contributed by atoms with Crippen LogP contribution in [0, 0.1) is 0 Å². The molecule has 0 N–H and O–H groups in total. The Balaban J connectivity index is 3.48. The monoisotopic (exact) mass is 718 g/mol. The van der Waals surface area contributed by atoms with Gasteiger partial charge < -0.3 is 0 Å². The Bertz CT molecular complexity index is 746. The van der Waals surface area contributed by atoms with Crippen molar-refractivity contribution < 1.29 is 0 Å². The SMILES string of the molecule is C[Si](C)(C)[N]([Ge][N]([Si](C)(C)C)[Si](C)(C)C)c1ccc([N]([Ge][N]([Si](C)(C)C)[Si](C)(C)C)[Si](C)(C)C)cc1. The summed E-state index contributed by atoms with van der Waals surface area (Å²) in [5, 5.41) is 0. The first-order chi connectivity index (χ1) is 15.7. The van der Waals surface area contributed by atoms with Crippen molar-refractivity contribution >= 4 is 92.5 Å². The van der Waals surface area contributed by atoms with E-state index in [9.17, 15) is 0 Å². The average Bonchev–Trinajstić information content (AvgIpc) is 2.56. The Labute approximate surface area is 246 Å². The topological polar surface area (TPSA) is 13.0 Å².